The van der Waals surface area contributed by atoms with E-state index in [0.717, 1.165) is 11.8 Å². The molecule has 0 spiro atoms. The standard InChI is InChI=1S/C20H16N2O5S2/c1-11(2)15-7-6-12(8-16(15)22(26)27)9-17-18(23)21(20(28)29-17)14-5-3-4-13(10-14)19(24)25/h3-11H,1-2H3,(H,24,25)/b17-9-. The summed E-state index contributed by atoms with van der Waals surface area (Å²) in [5, 5.41) is 20.5. The van der Waals surface area contributed by atoms with Crippen LogP contribution >= 0.6 is 24.0 Å². The third-order valence-corrected chi connectivity index (χ3v) is 5.62. The second-order valence-electron chi connectivity index (χ2n) is 6.60. The van der Waals surface area contributed by atoms with Gasteiger partial charge in [-0.1, -0.05) is 56.0 Å². The summed E-state index contributed by atoms with van der Waals surface area (Å²) in [5.41, 5.74) is 1.53. The molecule has 1 saturated heterocycles. The molecule has 0 unspecified atom stereocenters. The molecule has 0 aromatic heterocycles. The number of thioether (sulfide) groups is 1. The Kier molecular flexibility index (Phi) is 5.81. The number of hydrogen-bond donors (Lipinski definition) is 1. The van der Waals surface area contributed by atoms with Crippen LogP contribution in [-0.2, 0) is 4.79 Å². The first-order chi connectivity index (χ1) is 13.7. The summed E-state index contributed by atoms with van der Waals surface area (Å²) >= 11 is 6.36. The van der Waals surface area contributed by atoms with Gasteiger partial charge < -0.3 is 5.11 Å². The molecule has 1 N–H and O–H groups in total. The maximum atomic E-state index is 12.9. The van der Waals surface area contributed by atoms with Gasteiger partial charge in [-0.15, -0.1) is 0 Å². The summed E-state index contributed by atoms with van der Waals surface area (Å²) in [5.74, 6) is -1.52. The average molecular weight is 428 g/mol. The molecule has 1 aliphatic rings. The third-order valence-electron chi connectivity index (χ3n) is 4.32. The number of amides is 1. The molecule has 0 bridgehead atoms. The lowest BCUT2D eigenvalue weighted by molar-refractivity contribution is -0.385. The predicted octanol–water partition coefficient (Wildman–Crippen LogP) is 4.82. The number of carbonyl (C=O) groups is 2. The van der Waals surface area contributed by atoms with Crippen molar-refractivity contribution in [2.24, 2.45) is 0 Å². The van der Waals surface area contributed by atoms with Crippen LogP contribution in [0.15, 0.2) is 47.4 Å². The van der Waals surface area contributed by atoms with Gasteiger partial charge in [0.2, 0.25) is 0 Å². The molecule has 148 valence electrons. The molecule has 3 rings (SSSR count). The Balaban J connectivity index is 1.96. The molecule has 2 aromatic carbocycles. The van der Waals surface area contributed by atoms with Crippen LogP contribution in [0.5, 0.6) is 0 Å². The van der Waals surface area contributed by atoms with E-state index in [1.165, 1.54) is 29.2 Å². The summed E-state index contributed by atoms with van der Waals surface area (Å²) in [4.78, 5) is 36.6. The van der Waals surface area contributed by atoms with Gasteiger partial charge in [0.25, 0.3) is 11.6 Å². The van der Waals surface area contributed by atoms with Crippen molar-refractivity contribution in [1.29, 1.82) is 0 Å². The van der Waals surface area contributed by atoms with Crippen molar-refractivity contribution in [3.05, 3.63) is 74.2 Å². The number of nitro benzene ring substituents is 1. The van der Waals surface area contributed by atoms with Crippen LogP contribution in [0, 0.1) is 10.1 Å². The van der Waals surface area contributed by atoms with Crippen LogP contribution in [0.2, 0.25) is 0 Å². The Bertz CT molecular complexity index is 1080. The molecule has 1 fully saturated rings. The summed E-state index contributed by atoms with van der Waals surface area (Å²) in [6, 6.07) is 10.8. The molecule has 7 nitrogen and oxygen atoms in total. The van der Waals surface area contributed by atoms with E-state index < -0.39 is 16.8 Å². The Labute approximate surface area is 176 Å². The maximum Gasteiger partial charge on any atom is 0.335 e. The lowest BCUT2D eigenvalue weighted by Crippen LogP contribution is -2.27. The number of thiocarbonyl (C=S) groups is 1. The highest BCUT2D eigenvalue weighted by molar-refractivity contribution is 8.27. The maximum absolute atomic E-state index is 12.9. The van der Waals surface area contributed by atoms with Crippen molar-refractivity contribution in [3.8, 4) is 0 Å². The highest BCUT2D eigenvalue weighted by Crippen LogP contribution is 2.37. The van der Waals surface area contributed by atoms with Crippen LogP contribution in [0.25, 0.3) is 6.08 Å². The Morgan fingerprint density at radius 3 is 2.62 bits per heavy atom. The van der Waals surface area contributed by atoms with Crippen molar-refractivity contribution in [1.82, 2.24) is 0 Å². The summed E-state index contributed by atoms with van der Waals surface area (Å²) in [7, 11) is 0. The van der Waals surface area contributed by atoms with Crippen molar-refractivity contribution >= 4 is 57.6 Å². The number of nitrogens with zero attached hydrogens (tertiary/aromatic N) is 2. The molecule has 0 saturated carbocycles. The number of anilines is 1. The smallest absolute Gasteiger partial charge is 0.335 e. The largest absolute Gasteiger partial charge is 0.478 e. The van der Waals surface area contributed by atoms with E-state index in [9.17, 15) is 19.7 Å². The zero-order valence-corrected chi connectivity index (χ0v) is 17.1. The Hall–Kier alpha value is -3.04. The minimum Gasteiger partial charge on any atom is -0.478 e. The number of rotatable bonds is 5. The fourth-order valence-electron chi connectivity index (χ4n) is 2.92. The minimum absolute atomic E-state index is 0.00149. The number of benzene rings is 2. The van der Waals surface area contributed by atoms with Gasteiger partial charge in [-0.25, -0.2) is 4.79 Å². The first-order valence-electron chi connectivity index (χ1n) is 8.58. The van der Waals surface area contributed by atoms with Gasteiger partial charge in [0.1, 0.15) is 0 Å². The van der Waals surface area contributed by atoms with E-state index in [0.29, 0.717) is 21.7 Å². The molecule has 9 heteroatoms. The van der Waals surface area contributed by atoms with E-state index in [2.05, 4.69) is 0 Å². The quantitative estimate of drug-likeness (QED) is 0.315. The van der Waals surface area contributed by atoms with Crippen LogP contribution in [0.1, 0.15) is 41.3 Å². The molecule has 1 amide bonds. The zero-order valence-electron chi connectivity index (χ0n) is 15.5. The summed E-state index contributed by atoms with van der Waals surface area (Å²) in [6.45, 7) is 3.75. The van der Waals surface area contributed by atoms with Crippen LogP contribution in [0.3, 0.4) is 0 Å². The number of carboxylic acids is 1. The first-order valence-corrected chi connectivity index (χ1v) is 9.81. The number of aromatic carboxylic acids is 1. The van der Waals surface area contributed by atoms with E-state index in [-0.39, 0.29) is 21.5 Å². The summed E-state index contributed by atoms with van der Waals surface area (Å²) < 4.78 is 0.261. The predicted molar refractivity (Wildman–Crippen MR) is 116 cm³/mol. The Morgan fingerprint density at radius 2 is 2.00 bits per heavy atom. The second-order valence-corrected chi connectivity index (χ2v) is 8.28. The van der Waals surface area contributed by atoms with Crippen molar-refractivity contribution in [2.75, 3.05) is 4.90 Å². The molecule has 0 radical (unpaired) electrons. The second kappa shape index (κ2) is 8.14. The molecular weight excluding hydrogens is 412 g/mol. The fraction of sp³-hybridized carbons (Fsp3) is 0.150. The van der Waals surface area contributed by atoms with Gasteiger partial charge in [0.05, 0.1) is 21.1 Å². The van der Waals surface area contributed by atoms with Gasteiger partial charge in [-0.2, -0.15) is 0 Å². The molecular formula is C20H16N2O5S2. The van der Waals surface area contributed by atoms with Gasteiger partial charge in [0.15, 0.2) is 4.32 Å². The SMILES string of the molecule is CC(C)c1ccc(/C=C2\SC(=S)N(c3cccc(C(=O)O)c3)C2=O)cc1[N+](=O)[O-]. The average Bonchev–Trinajstić information content (AvgIpc) is 2.94. The number of nitro groups is 1. The lowest BCUT2D eigenvalue weighted by atomic mass is 9.99. The molecule has 0 atom stereocenters. The molecule has 0 aliphatic carbocycles. The number of carboxylic acid groups (broad SMARTS) is 1. The monoisotopic (exact) mass is 428 g/mol. The molecule has 1 heterocycles. The van der Waals surface area contributed by atoms with E-state index >= 15 is 0 Å². The molecule has 2 aromatic rings. The van der Waals surface area contributed by atoms with Crippen molar-refractivity contribution in [3.63, 3.8) is 0 Å². The highest BCUT2D eigenvalue weighted by Gasteiger charge is 2.33. The topological polar surface area (TPSA) is 101 Å². The van der Waals surface area contributed by atoms with Gasteiger partial charge in [0, 0.05) is 11.6 Å². The number of hydrogen-bond acceptors (Lipinski definition) is 6. The Morgan fingerprint density at radius 1 is 1.28 bits per heavy atom. The zero-order chi connectivity index (χ0) is 21.3. The van der Waals surface area contributed by atoms with E-state index in [1.54, 1.807) is 24.3 Å². The van der Waals surface area contributed by atoms with E-state index in [4.69, 9.17) is 17.3 Å². The van der Waals surface area contributed by atoms with Gasteiger partial charge in [-0.05, 0) is 35.8 Å². The molecule has 1 aliphatic heterocycles. The first kappa shape index (κ1) is 20.7. The molecule has 29 heavy (non-hydrogen) atoms. The van der Waals surface area contributed by atoms with Gasteiger partial charge >= 0.3 is 5.97 Å². The van der Waals surface area contributed by atoms with Crippen LogP contribution in [-0.4, -0.2) is 26.2 Å². The number of carbonyl (C=O) groups excluding carboxylic acids is 1. The van der Waals surface area contributed by atoms with Gasteiger partial charge in [-0.3, -0.25) is 19.8 Å². The van der Waals surface area contributed by atoms with Crippen LogP contribution < -0.4 is 4.90 Å². The van der Waals surface area contributed by atoms with Crippen LogP contribution in [0.4, 0.5) is 11.4 Å². The normalized spacial score (nSPS) is 15.4. The fourth-order valence-corrected chi connectivity index (χ4v) is 4.22. The van der Waals surface area contributed by atoms with Crippen molar-refractivity contribution < 1.29 is 19.6 Å². The summed E-state index contributed by atoms with van der Waals surface area (Å²) in [6.07, 6.45) is 1.55. The third kappa shape index (κ3) is 4.20. The lowest BCUT2D eigenvalue weighted by Gasteiger charge is -2.14. The van der Waals surface area contributed by atoms with E-state index in [1.807, 2.05) is 13.8 Å². The van der Waals surface area contributed by atoms with Crippen molar-refractivity contribution in [2.45, 2.75) is 19.8 Å². The highest BCUT2D eigenvalue weighted by atomic mass is 32.2. The minimum atomic E-state index is -1.11.